The third kappa shape index (κ3) is 2.84. The lowest BCUT2D eigenvalue weighted by atomic mass is 9.84. The third-order valence-electron chi connectivity index (χ3n) is 3.36. The molecule has 1 saturated heterocycles. The normalized spacial score (nSPS) is 27.9. The van der Waals surface area contributed by atoms with E-state index in [2.05, 4.69) is 0 Å². The van der Waals surface area contributed by atoms with Crippen LogP contribution in [-0.4, -0.2) is 26.5 Å². The molecule has 0 saturated carbocycles. The van der Waals surface area contributed by atoms with Gasteiger partial charge < -0.3 is 5.73 Å². The second kappa shape index (κ2) is 4.74. The van der Waals surface area contributed by atoms with Crippen molar-refractivity contribution in [1.82, 2.24) is 0 Å². The number of nitrogens with two attached hydrogens (primary N) is 1. The van der Waals surface area contributed by atoms with Gasteiger partial charge in [-0.3, -0.25) is 0 Å². The molecule has 1 aromatic carbocycles. The Bertz CT molecular complexity index is 501. The van der Waals surface area contributed by atoms with Crippen molar-refractivity contribution in [2.45, 2.75) is 12.3 Å². The van der Waals surface area contributed by atoms with Crippen LogP contribution >= 0.6 is 0 Å². The Hall–Kier alpha value is -0.940. The molecule has 0 bridgehead atoms. The number of hydrogen-bond donors (Lipinski definition) is 1. The molecule has 2 atom stereocenters. The van der Waals surface area contributed by atoms with Gasteiger partial charge in [-0.05, 0) is 42.5 Å². The molecule has 5 heteroatoms. The summed E-state index contributed by atoms with van der Waals surface area (Å²) < 4.78 is 36.2. The summed E-state index contributed by atoms with van der Waals surface area (Å²) in [6, 6.07) is 6.36. The molecule has 0 radical (unpaired) electrons. The topological polar surface area (TPSA) is 60.2 Å². The second-order valence-corrected chi connectivity index (χ2v) is 6.79. The molecule has 0 amide bonds. The van der Waals surface area contributed by atoms with Crippen LogP contribution in [0.15, 0.2) is 24.3 Å². The van der Waals surface area contributed by atoms with Gasteiger partial charge in [0.1, 0.15) is 5.82 Å². The smallest absolute Gasteiger partial charge is 0.150 e. The summed E-state index contributed by atoms with van der Waals surface area (Å²) in [4.78, 5) is 0. The average Bonchev–Trinajstić information content (AvgIpc) is 2.27. The van der Waals surface area contributed by atoms with E-state index in [9.17, 15) is 12.8 Å². The van der Waals surface area contributed by atoms with Crippen molar-refractivity contribution < 1.29 is 12.8 Å². The number of benzene rings is 1. The molecule has 2 N–H and O–H groups in total. The van der Waals surface area contributed by atoms with Crippen LogP contribution in [0, 0.1) is 11.7 Å². The zero-order valence-electron chi connectivity index (χ0n) is 9.47. The molecule has 0 aromatic heterocycles. The van der Waals surface area contributed by atoms with Gasteiger partial charge >= 0.3 is 0 Å². The maximum atomic E-state index is 13.2. The van der Waals surface area contributed by atoms with Crippen LogP contribution in [0.5, 0.6) is 0 Å². The summed E-state index contributed by atoms with van der Waals surface area (Å²) in [5.74, 6) is -0.0449. The molecule has 0 spiro atoms. The quantitative estimate of drug-likeness (QED) is 0.868. The number of rotatable bonds is 2. The van der Waals surface area contributed by atoms with Crippen LogP contribution in [0.1, 0.15) is 17.9 Å². The largest absolute Gasteiger partial charge is 0.330 e. The Morgan fingerprint density at radius 3 is 2.82 bits per heavy atom. The van der Waals surface area contributed by atoms with Crippen LogP contribution in [0.2, 0.25) is 0 Å². The van der Waals surface area contributed by atoms with Gasteiger partial charge in [0.15, 0.2) is 9.84 Å². The summed E-state index contributed by atoms with van der Waals surface area (Å²) >= 11 is 0. The first-order valence-electron chi connectivity index (χ1n) is 5.68. The number of halogens is 1. The molecule has 2 unspecified atom stereocenters. The predicted octanol–water partition coefficient (Wildman–Crippen LogP) is 1.30. The van der Waals surface area contributed by atoms with E-state index in [4.69, 9.17) is 5.73 Å². The highest BCUT2D eigenvalue weighted by Gasteiger charge is 2.33. The van der Waals surface area contributed by atoms with E-state index in [0.29, 0.717) is 13.0 Å². The van der Waals surface area contributed by atoms with Crippen molar-refractivity contribution in [1.29, 1.82) is 0 Å². The molecule has 1 fully saturated rings. The summed E-state index contributed by atoms with van der Waals surface area (Å²) in [6.45, 7) is 0.320. The molecule has 1 heterocycles. The molecule has 0 aliphatic carbocycles. The molecule has 1 aromatic rings. The summed E-state index contributed by atoms with van der Waals surface area (Å²) in [5, 5.41) is 0. The van der Waals surface area contributed by atoms with Gasteiger partial charge in [0.25, 0.3) is 0 Å². The SMILES string of the molecule is NCC1CS(=O)(=O)CCC1c1cccc(F)c1. The van der Waals surface area contributed by atoms with E-state index >= 15 is 0 Å². The van der Waals surface area contributed by atoms with E-state index in [-0.39, 0.29) is 29.2 Å². The van der Waals surface area contributed by atoms with Crippen LogP contribution in [0.3, 0.4) is 0 Å². The molecular weight excluding hydrogens is 241 g/mol. The lowest BCUT2D eigenvalue weighted by Gasteiger charge is -2.30. The fourth-order valence-electron chi connectivity index (χ4n) is 2.48. The van der Waals surface area contributed by atoms with E-state index in [0.717, 1.165) is 5.56 Å². The first kappa shape index (κ1) is 12.5. The van der Waals surface area contributed by atoms with Crippen LogP contribution < -0.4 is 5.73 Å². The van der Waals surface area contributed by atoms with Crippen molar-refractivity contribution in [3.63, 3.8) is 0 Å². The van der Waals surface area contributed by atoms with Crippen molar-refractivity contribution in [3.05, 3.63) is 35.6 Å². The Balaban J connectivity index is 2.27. The third-order valence-corrected chi connectivity index (χ3v) is 5.15. The summed E-state index contributed by atoms with van der Waals surface area (Å²) in [7, 11) is -2.97. The summed E-state index contributed by atoms with van der Waals surface area (Å²) in [5.41, 5.74) is 6.49. The van der Waals surface area contributed by atoms with Gasteiger partial charge in [0.05, 0.1) is 11.5 Å². The fraction of sp³-hybridized carbons (Fsp3) is 0.500. The minimum absolute atomic E-state index is 0.0548. The van der Waals surface area contributed by atoms with E-state index in [1.165, 1.54) is 12.1 Å². The minimum Gasteiger partial charge on any atom is -0.330 e. The highest BCUT2D eigenvalue weighted by Crippen LogP contribution is 2.33. The zero-order valence-corrected chi connectivity index (χ0v) is 10.3. The molecule has 1 aliphatic rings. The maximum Gasteiger partial charge on any atom is 0.150 e. The Labute approximate surface area is 101 Å². The van der Waals surface area contributed by atoms with Gasteiger partial charge in [0.2, 0.25) is 0 Å². The monoisotopic (exact) mass is 257 g/mol. The minimum atomic E-state index is -2.97. The van der Waals surface area contributed by atoms with Gasteiger partial charge in [-0.25, -0.2) is 12.8 Å². The fourth-order valence-corrected chi connectivity index (χ4v) is 4.28. The van der Waals surface area contributed by atoms with Gasteiger partial charge in [-0.1, -0.05) is 12.1 Å². The van der Waals surface area contributed by atoms with Crippen LogP contribution in [0.25, 0.3) is 0 Å². The number of sulfone groups is 1. The average molecular weight is 257 g/mol. The first-order valence-corrected chi connectivity index (χ1v) is 7.50. The highest BCUT2D eigenvalue weighted by atomic mass is 32.2. The lowest BCUT2D eigenvalue weighted by Crippen LogP contribution is -2.36. The van der Waals surface area contributed by atoms with Gasteiger partial charge in [-0.15, -0.1) is 0 Å². The first-order chi connectivity index (χ1) is 8.02. The number of hydrogen-bond acceptors (Lipinski definition) is 3. The van der Waals surface area contributed by atoms with E-state index in [1.807, 2.05) is 6.07 Å². The standard InChI is InChI=1S/C12H16FNO2S/c13-11-3-1-2-9(6-11)12-4-5-17(15,16)8-10(12)7-14/h1-3,6,10,12H,4-5,7-8,14H2. The summed E-state index contributed by atoms with van der Waals surface area (Å²) in [6.07, 6.45) is 0.535. The van der Waals surface area contributed by atoms with Crippen molar-refractivity contribution in [2.75, 3.05) is 18.1 Å². The molecular formula is C12H16FNO2S. The molecule has 2 rings (SSSR count). The van der Waals surface area contributed by atoms with Crippen molar-refractivity contribution >= 4 is 9.84 Å². The zero-order chi connectivity index (χ0) is 12.5. The highest BCUT2D eigenvalue weighted by molar-refractivity contribution is 7.91. The van der Waals surface area contributed by atoms with Gasteiger partial charge in [-0.2, -0.15) is 0 Å². The Morgan fingerprint density at radius 2 is 2.18 bits per heavy atom. The van der Waals surface area contributed by atoms with Crippen LogP contribution in [0.4, 0.5) is 4.39 Å². The second-order valence-electron chi connectivity index (χ2n) is 4.56. The van der Waals surface area contributed by atoms with Crippen LogP contribution in [-0.2, 0) is 9.84 Å². The van der Waals surface area contributed by atoms with Crippen molar-refractivity contribution in [2.24, 2.45) is 11.7 Å². The van der Waals surface area contributed by atoms with Gasteiger partial charge in [0, 0.05) is 0 Å². The molecule has 17 heavy (non-hydrogen) atoms. The Morgan fingerprint density at radius 1 is 1.41 bits per heavy atom. The predicted molar refractivity (Wildman–Crippen MR) is 65.0 cm³/mol. The van der Waals surface area contributed by atoms with E-state index in [1.54, 1.807) is 6.07 Å². The molecule has 1 aliphatic heterocycles. The van der Waals surface area contributed by atoms with Crippen molar-refractivity contribution in [3.8, 4) is 0 Å². The lowest BCUT2D eigenvalue weighted by molar-refractivity contribution is 0.430. The van der Waals surface area contributed by atoms with E-state index < -0.39 is 9.84 Å². The maximum absolute atomic E-state index is 13.2. The molecule has 94 valence electrons. The Kier molecular flexibility index (Phi) is 3.49. The molecule has 3 nitrogen and oxygen atoms in total.